The van der Waals surface area contributed by atoms with E-state index in [9.17, 15) is 0 Å². The Kier molecular flexibility index (Phi) is 3.76. The van der Waals surface area contributed by atoms with E-state index >= 15 is 0 Å². The van der Waals surface area contributed by atoms with Crippen LogP contribution in [0.25, 0.3) is 0 Å². The molecule has 1 aliphatic heterocycles. The summed E-state index contributed by atoms with van der Waals surface area (Å²) in [4.78, 5) is 2.10. The summed E-state index contributed by atoms with van der Waals surface area (Å²) in [5.41, 5.74) is 8.13. The molecular formula is C12H19N5O. The SMILES string of the molecule is Cc1nnc(N2CCCOCC2)c(C(=N)N)c1C. The van der Waals surface area contributed by atoms with Crippen LogP contribution in [0.2, 0.25) is 0 Å². The summed E-state index contributed by atoms with van der Waals surface area (Å²) >= 11 is 0. The van der Waals surface area contributed by atoms with Gasteiger partial charge in [0.25, 0.3) is 0 Å². The molecule has 2 heterocycles. The molecule has 0 aromatic carbocycles. The number of anilines is 1. The van der Waals surface area contributed by atoms with Gasteiger partial charge >= 0.3 is 0 Å². The number of rotatable bonds is 2. The third kappa shape index (κ3) is 2.43. The molecule has 0 spiro atoms. The summed E-state index contributed by atoms with van der Waals surface area (Å²) < 4.78 is 5.43. The Morgan fingerprint density at radius 1 is 1.28 bits per heavy atom. The van der Waals surface area contributed by atoms with Gasteiger partial charge in [0.15, 0.2) is 5.82 Å². The maximum Gasteiger partial charge on any atom is 0.162 e. The van der Waals surface area contributed by atoms with Gasteiger partial charge in [0, 0.05) is 19.7 Å². The molecule has 1 aliphatic rings. The van der Waals surface area contributed by atoms with Crippen LogP contribution in [0.15, 0.2) is 0 Å². The van der Waals surface area contributed by atoms with E-state index in [1.165, 1.54) is 0 Å². The van der Waals surface area contributed by atoms with Crippen molar-refractivity contribution in [1.82, 2.24) is 10.2 Å². The number of nitrogens with one attached hydrogen (secondary N) is 1. The van der Waals surface area contributed by atoms with E-state index in [1.54, 1.807) is 0 Å². The molecule has 0 unspecified atom stereocenters. The Hall–Kier alpha value is -1.69. The van der Waals surface area contributed by atoms with Crippen molar-refractivity contribution in [1.29, 1.82) is 5.41 Å². The minimum Gasteiger partial charge on any atom is -0.384 e. The maximum atomic E-state index is 7.74. The highest BCUT2D eigenvalue weighted by atomic mass is 16.5. The lowest BCUT2D eigenvalue weighted by Gasteiger charge is -2.23. The van der Waals surface area contributed by atoms with Crippen LogP contribution >= 0.6 is 0 Å². The van der Waals surface area contributed by atoms with Gasteiger partial charge in [-0.1, -0.05) is 0 Å². The van der Waals surface area contributed by atoms with Crippen molar-refractivity contribution in [2.75, 3.05) is 31.2 Å². The molecule has 1 fully saturated rings. The highest BCUT2D eigenvalue weighted by Gasteiger charge is 2.20. The van der Waals surface area contributed by atoms with Crippen molar-refractivity contribution >= 4 is 11.7 Å². The number of hydrogen-bond donors (Lipinski definition) is 2. The molecule has 0 saturated carbocycles. The Morgan fingerprint density at radius 3 is 2.78 bits per heavy atom. The first-order chi connectivity index (χ1) is 8.61. The van der Waals surface area contributed by atoms with Crippen molar-refractivity contribution in [3.05, 3.63) is 16.8 Å². The first kappa shape index (κ1) is 12.8. The van der Waals surface area contributed by atoms with Gasteiger partial charge in [-0.3, -0.25) is 5.41 Å². The van der Waals surface area contributed by atoms with Crippen LogP contribution in [0, 0.1) is 19.3 Å². The first-order valence-corrected chi connectivity index (χ1v) is 6.12. The third-order valence-corrected chi connectivity index (χ3v) is 3.23. The average Bonchev–Trinajstić information content (AvgIpc) is 2.60. The summed E-state index contributed by atoms with van der Waals surface area (Å²) in [5, 5.41) is 16.1. The Labute approximate surface area is 107 Å². The molecule has 3 N–H and O–H groups in total. The van der Waals surface area contributed by atoms with Crippen molar-refractivity contribution in [2.24, 2.45) is 5.73 Å². The minimum atomic E-state index is 0.0469. The quantitative estimate of drug-likeness (QED) is 0.592. The average molecular weight is 249 g/mol. The minimum absolute atomic E-state index is 0.0469. The fourth-order valence-corrected chi connectivity index (χ4v) is 2.10. The number of aromatic nitrogens is 2. The molecule has 0 bridgehead atoms. The van der Waals surface area contributed by atoms with E-state index < -0.39 is 0 Å². The van der Waals surface area contributed by atoms with Gasteiger partial charge < -0.3 is 15.4 Å². The molecule has 1 saturated heterocycles. The summed E-state index contributed by atoms with van der Waals surface area (Å²) in [5.74, 6) is 0.752. The molecule has 6 nitrogen and oxygen atoms in total. The predicted molar refractivity (Wildman–Crippen MR) is 70.2 cm³/mol. The molecular weight excluding hydrogens is 230 g/mol. The van der Waals surface area contributed by atoms with Crippen molar-refractivity contribution in [3.8, 4) is 0 Å². The van der Waals surface area contributed by atoms with Crippen LogP contribution in [0.5, 0.6) is 0 Å². The van der Waals surface area contributed by atoms with Gasteiger partial charge in [-0.25, -0.2) is 0 Å². The molecule has 0 atom stereocenters. The Morgan fingerprint density at radius 2 is 2.06 bits per heavy atom. The molecule has 2 rings (SSSR count). The topological polar surface area (TPSA) is 88.1 Å². The summed E-state index contributed by atoms with van der Waals surface area (Å²) in [6, 6.07) is 0. The zero-order valence-corrected chi connectivity index (χ0v) is 10.9. The van der Waals surface area contributed by atoms with Gasteiger partial charge in [0.2, 0.25) is 0 Å². The number of nitrogens with two attached hydrogens (primary N) is 1. The van der Waals surface area contributed by atoms with E-state index in [1.807, 2.05) is 13.8 Å². The Balaban J connectivity index is 2.42. The molecule has 6 heteroatoms. The lowest BCUT2D eigenvalue weighted by Crippen LogP contribution is -2.31. The zero-order valence-electron chi connectivity index (χ0n) is 10.9. The molecule has 0 radical (unpaired) electrons. The van der Waals surface area contributed by atoms with Crippen molar-refractivity contribution in [3.63, 3.8) is 0 Å². The summed E-state index contributed by atoms with van der Waals surface area (Å²) in [6.45, 7) is 6.87. The number of amidine groups is 1. The highest BCUT2D eigenvalue weighted by molar-refractivity contribution is 6.01. The maximum absolute atomic E-state index is 7.74. The summed E-state index contributed by atoms with van der Waals surface area (Å²) in [6.07, 6.45) is 0.950. The molecule has 18 heavy (non-hydrogen) atoms. The second-order valence-electron chi connectivity index (χ2n) is 4.48. The number of ether oxygens (including phenoxy) is 1. The van der Waals surface area contributed by atoms with Gasteiger partial charge in [-0.2, -0.15) is 5.10 Å². The van der Waals surface area contributed by atoms with Crippen molar-refractivity contribution < 1.29 is 4.74 Å². The third-order valence-electron chi connectivity index (χ3n) is 3.23. The van der Waals surface area contributed by atoms with Crippen LogP contribution in [0.4, 0.5) is 5.82 Å². The molecule has 0 amide bonds. The fraction of sp³-hybridized carbons (Fsp3) is 0.583. The van der Waals surface area contributed by atoms with E-state index in [0.717, 1.165) is 37.4 Å². The molecule has 1 aromatic rings. The van der Waals surface area contributed by atoms with Gasteiger partial charge in [-0.15, -0.1) is 5.10 Å². The first-order valence-electron chi connectivity index (χ1n) is 6.12. The Bertz CT molecular complexity index is 452. The molecule has 1 aromatic heterocycles. The number of hydrogen-bond acceptors (Lipinski definition) is 5. The highest BCUT2D eigenvalue weighted by Crippen LogP contribution is 2.22. The van der Waals surface area contributed by atoms with Crippen LogP contribution in [-0.4, -0.2) is 42.3 Å². The van der Waals surface area contributed by atoms with E-state index in [-0.39, 0.29) is 5.84 Å². The second kappa shape index (κ2) is 5.30. The largest absolute Gasteiger partial charge is 0.384 e. The van der Waals surface area contributed by atoms with Crippen LogP contribution < -0.4 is 10.6 Å². The van der Waals surface area contributed by atoms with Gasteiger partial charge in [-0.05, 0) is 25.8 Å². The normalized spacial score (nSPS) is 16.4. The fourth-order valence-electron chi connectivity index (χ4n) is 2.10. The molecule has 98 valence electrons. The second-order valence-corrected chi connectivity index (χ2v) is 4.48. The van der Waals surface area contributed by atoms with Gasteiger partial charge in [0.05, 0.1) is 17.9 Å². The predicted octanol–water partition coefficient (Wildman–Crippen LogP) is 0.604. The van der Waals surface area contributed by atoms with Crippen LogP contribution in [0.1, 0.15) is 23.2 Å². The summed E-state index contributed by atoms with van der Waals surface area (Å²) in [7, 11) is 0. The smallest absolute Gasteiger partial charge is 0.162 e. The van der Waals surface area contributed by atoms with E-state index in [2.05, 4.69) is 15.1 Å². The van der Waals surface area contributed by atoms with Crippen LogP contribution in [0.3, 0.4) is 0 Å². The monoisotopic (exact) mass is 249 g/mol. The van der Waals surface area contributed by atoms with E-state index in [4.69, 9.17) is 15.9 Å². The zero-order chi connectivity index (χ0) is 13.1. The lowest BCUT2D eigenvalue weighted by molar-refractivity contribution is 0.152. The molecule has 0 aliphatic carbocycles. The van der Waals surface area contributed by atoms with Crippen LogP contribution in [-0.2, 0) is 4.74 Å². The van der Waals surface area contributed by atoms with Crippen molar-refractivity contribution in [2.45, 2.75) is 20.3 Å². The number of nitrogen functional groups attached to an aromatic ring is 1. The van der Waals surface area contributed by atoms with E-state index in [0.29, 0.717) is 18.0 Å². The lowest BCUT2D eigenvalue weighted by atomic mass is 10.1. The number of aryl methyl sites for hydroxylation is 1. The standard InChI is InChI=1S/C12H19N5O/c1-8-9(2)15-16-12(10(8)11(13)14)17-4-3-6-18-7-5-17/h3-7H2,1-2H3,(H3,13,14). The number of nitrogens with zero attached hydrogens (tertiary/aromatic N) is 3. The van der Waals surface area contributed by atoms with Gasteiger partial charge in [0.1, 0.15) is 5.84 Å².